The van der Waals surface area contributed by atoms with Crippen molar-refractivity contribution in [2.75, 3.05) is 12.4 Å². The third kappa shape index (κ3) is 7.20. The zero-order chi connectivity index (χ0) is 18.1. The van der Waals surface area contributed by atoms with E-state index >= 15 is 0 Å². The van der Waals surface area contributed by atoms with Crippen LogP contribution in [0, 0.1) is 6.92 Å². The summed E-state index contributed by atoms with van der Waals surface area (Å²) in [5.74, 6) is 0.196. The van der Waals surface area contributed by atoms with Gasteiger partial charge in [-0.25, -0.2) is 0 Å². The molecule has 25 heavy (non-hydrogen) atoms. The van der Waals surface area contributed by atoms with Crippen LogP contribution in [0.1, 0.15) is 16.7 Å². The van der Waals surface area contributed by atoms with Crippen molar-refractivity contribution in [2.24, 2.45) is 0 Å². The number of carbonyl (C=O) groups excluding carboxylic acids is 2. The third-order valence-corrected chi connectivity index (χ3v) is 4.75. The molecule has 0 aliphatic carbocycles. The molecule has 0 heterocycles. The molecule has 0 spiro atoms. The summed E-state index contributed by atoms with van der Waals surface area (Å²) in [4.78, 5) is 23.4. The van der Waals surface area contributed by atoms with Crippen LogP contribution < -0.4 is 5.32 Å². The Hall–Kier alpha value is -1.98. The van der Waals surface area contributed by atoms with Gasteiger partial charge in [-0.15, -0.1) is 11.8 Å². The van der Waals surface area contributed by atoms with Crippen LogP contribution in [0.15, 0.2) is 48.5 Å². The van der Waals surface area contributed by atoms with Crippen LogP contribution in [0.5, 0.6) is 0 Å². The van der Waals surface area contributed by atoms with Crippen molar-refractivity contribution >= 4 is 35.2 Å². The number of rotatable bonds is 8. The molecular formula is C19H20ClNO3S. The summed E-state index contributed by atoms with van der Waals surface area (Å²) < 4.78 is 4.97. The largest absolute Gasteiger partial charge is 0.455 e. The van der Waals surface area contributed by atoms with Gasteiger partial charge in [0.15, 0.2) is 6.61 Å². The molecule has 6 heteroatoms. The molecule has 0 unspecified atom stereocenters. The first-order valence-corrected chi connectivity index (χ1v) is 9.37. The predicted molar refractivity (Wildman–Crippen MR) is 102 cm³/mol. The highest BCUT2D eigenvalue weighted by Gasteiger charge is 2.08. The van der Waals surface area contributed by atoms with Crippen molar-refractivity contribution in [3.8, 4) is 0 Å². The summed E-state index contributed by atoms with van der Waals surface area (Å²) in [6.45, 7) is 2.05. The fraction of sp³-hybridized carbons (Fsp3) is 0.263. The Labute approximate surface area is 156 Å². The van der Waals surface area contributed by atoms with Crippen LogP contribution in [-0.2, 0) is 26.6 Å². The molecule has 1 amide bonds. The van der Waals surface area contributed by atoms with Crippen molar-refractivity contribution < 1.29 is 14.3 Å². The van der Waals surface area contributed by atoms with Crippen LogP contribution in [0.3, 0.4) is 0 Å². The maximum Gasteiger partial charge on any atom is 0.316 e. The maximum atomic E-state index is 11.7. The third-order valence-electron chi connectivity index (χ3n) is 3.41. The van der Waals surface area contributed by atoms with Crippen LogP contribution in [0.25, 0.3) is 0 Å². The number of benzene rings is 2. The quantitative estimate of drug-likeness (QED) is 0.712. The molecule has 2 aromatic carbocycles. The number of amides is 1. The molecule has 1 N–H and O–H groups in total. The van der Waals surface area contributed by atoms with Gasteiger partial charge in [0.1, 0.15) is 0 Å². The van der Waals surface area contributed by atoms with E-state index in [0.29, 0.717) is 11.6 Å². The lowest BCUT2D eigenvalue weighted by Gasteiger charge is -2.08. The topological polar surface area (TPSA) is 55.4 Å². The Morgan fingerprint density at radius 1 is 1.12 bits per heavy atom. The van der Waals surface area contributed by atoms with Gasteiger partial charge in [-0.2, -0.15) is 0 Å². The lowest BCUT2D eigenvalue weighted by atomic mass is 10.2. The molecule has 2 rings (SSSR count). The minimum atomic E-state index is -0.398. The molecule has 0 saturated heterocycles. The summed E-state index contributed by atoms with van der Waals surface area (Å²) in [5, 5.41) is 3.27. The van der Waals surface area contributed by atoms with E-state index in [1.165, 1.54) is 17.3 Å². The van der Waals surface area contributed by atoms with E-state index in [4.69, 9.17) is 16.3 Å². The molecule has 4 nitrogen and oxygen atoms in total. The van der Waals surface area contributed by atoms with Gasteiger partial charge < -0.3 is 10.1 Å². The first-order valence-electron chi connectivity index (χ1n) is 7.83. The fourth-order valence-corrected chi connectivity index (χ4v) is 2.99. The average Bonchev–Trinajstić information content (AvgIpc) is 2.61. The number of hydrogen-bond donors (Lipinski definition) is 1. The SMILES string of the molecule is Cc1ccc(CSCC(=O)OCC(=O)NCc2ccccc2Cl)cc1. The number of nitrogens with one attached hydrogen (secondary N) is 1. The van der Waals surface area contributed by atoms with Crippen molar-refractivity contribution in [1.29, 1.82) is 0 Å². The standard InChI is InChI=1S/C19H20ClNO3S/c1-14-6-8-15(9-7-14)12-25-13-19(23)24-11-18(22)21-10-16-4-2-3-5-17(16)20/h2-9H,10-13H2,1H3,(H,21,22). The van der Waals surface area contributed by atoms with E-state index in [2.05, 4.69) is 5.32 Å². The van der Waals surface area contributed by atoms with Gasteiger partial charge >= 0.3 is 5.97 Å². The highest BCUT2D eigenvalue weighted by atomic mass is 35.5. The Balaban J connectivity index is 1.61. The Kier molecular flexibility index (Phi) is 7.82. The molecule has 0 atom stereocenters. The van der Waals surface area contributed by atoms with Gasteiger partial charge in [0.25, 0.3) is 5.91 Å². The number of ether oxygens (including phenoxy) is 1. The van der Waals surface area contributed by atoms with Crippen LogP contribution in [-0.4, -0.2) is 24.2 Å². The number of aryl methyl sites for hydroxylation is 1. The number of hydrogen-bond acceptors (Lipinski definition) is 4. The highest BCUT2D eigenvalue weighted by molar-refractivity contribution is 7.99. The highest BCUT2D eigenvalue weighted by Crippen LogP contribution is 2.14. The first kappa shape index (κ1) is 19.3. The molecule has 2 aromatic rings. The monoisotopic (exact) mass is 377 g/mol. The summed E-state index contributed by atoms with van der Waals surface area (Å²) in [6.07, 6.45) is 0. The van der Waals surface area contributed by atoms with E-state index < -0.39 is 5.97 Å². The molecule has 0 aliphatic heterocycles. The van der Waals surface area contributed by atoms with Crippen LogP contribution in [0.2, 0.25) is 5.02 Å². The van der Waals surface area contributed by atoms with E-state index in [-0.39, 0.29) is 18.3 Å². The van der Waals surface area contributed by atoms with Crippen molar-refractivity contribution in [2.45, 2.75) is 19.2 Å². The van der Waals surface area contributed by atoms with Gasteiger partial charge in [0, 0.05) is 17.3 Å². The summed E-state index contributed by atoms with van der Waals surface area (Å²) in [7, 11) is 0. The van der Waals surface area contributed by atoms with Crippen molar-refractivity contribution in [3.05, 3.63) is 70.2 Å². The Bertz CT molecular complexity index is 719. The summed E-state index contributed by atoms with van der Waals surface area (Å²) in [5.41, 5.74) is 3.18. The molecule has 0 radical (unpaired) electrons. The van der Waals surface area contributed by atoms with E-state index in [1.807, 2.05) is 49.4 Å². The minimum Gasteiger partial charge on any atom is -0.455 e. The van der Waals surface area contributed by atoms with E-state index in [1.54, 1.807) is 6.07 Å². The van der Waals surface area contributed by atoms with Crippen molar-refractivity contribution in [3.63, 3.8) is 0 Å². The predicted octanol–water partition coefficient (Wildman–Crippen LogP) is 3.74. The van der Waals surface area contributed by atoms with Gasteiger partial charge in [0.2, 0.25) is 0 Å². The molecule has 0 fully saturated rings. The molecule has 0 saturated carbocycles. The minimum absolute atomic E-state index is 0.214. The number of thioether (sulfide) groups is 1. The lowest BCUT2D eigenvalue weighted by Crippen LogP contribution is -2.28. The van der Waals surface area contributed by atoms with Gasteiger partial charge in [-0.1, -0.05) is 59.6 Å². The molecule has 0 aliphatic rings. The first-order chi connectivity index (χ1) is 12.0. The van der Waals surface area contributed by atoms with Gasteiger partial charge in [-0.05, 0) is 24.1 Å². The second kappa shape index (κ2) is 10.1. The number of carbonyl (C=O) groups is 2. The smallest absolute Gasteiger partial charge is 0.316 e. The molecular weight excluding hydrogens is 358 g/mol. The van der Waals surface area contributed by atoms with Gasteiger partial charge in [0.05, 0.1) is 5.75 Å². The lowest BCUT2D eigenvalue weighted by molar-refractivity contribution is -0.145. The molecule has 132 valence electrons. The van der Waals surface area contributed by atoms with Crippen LogP contribution >= 0.6 is 23.4 Å². The molecule has 0 bridgehead atoms. The van der Waals surface area contributed by atoms with Gasteiger partial charge in [-0.3, -0.25) is 9.59 Å². The zero-order valence-electron chi connectivity index (χ0n) is 14.0. The van der Waals surface area contributed by atoms with Crippen molar-refractivity contribution in [1.82, 2.24) is 5.32 Å². The van der Waals surface area contributed by atoms with E-state index in [0.717, 1.165) is 16.9 Å². The number of esters is 1. The average molecular weight is 378 g/mol. The van der Waals surface area contributed by atoms with E-state index in [9.17, 15) is 9.59 Å². The fourth-order valence-electron chi connectivity index (χ4n) is 2.01. The second-order valence-electron chi connectivity index (χ2n) is 5.51. The maximum absolute atomic E-state index is 11.7. The second-order valence-corrected chi connectivity index (χ2v) is 6.90. The Morgan fingerprint density at radius 3 is 2.56 bits per heavy atom. The Morgan fingerprint density at radius 2 is 1.84 bits per heavy atom. The van der Waals surface area contributed by atoms with Crippen LogP contribution in [0.4, 0.5) is 0 Å². The summed E-state index contributed by atoms with van der Waals surface area (Å²) >= 11 is 7.47. The normalized spacial score (nSPS) is 10.3. The number of halogens is 1. The molecule has 0 aromatic heterocycles. The summed E-state index contributed by atoms with van der Waals surface area (Å²) in [6, 6.07) is 15.4. The zero-order valence-corrected chi connectivity index (χ0v) is 15.5.